The quantitative estimate of drug-likeness (QED) is 0.0351. The van der Waals surface area contributed by atoms with Gasteiger partial charge in [-0.3, -0.25) is 18.9 Å². The smallest absolute Gasteiger partial charge is 0.747 e. The molecule has 0 rings (SSSR count). The number of carboxylic acid groups (broad SMARTS) is 1. The molecule has 0 saturated carbocycles. The molecule has 0 saturated heterocycles. The van der Waals surface area contributed by atoms with E-state index in [0.29, 0.717) is 0 Å². The Labute approximate surface area is 317 Å². The fourth-order valence-electron chi connectivity index (χ4n) is 3.57. The van der Waals surface area contributed by atoms with Crippen LogP contribution < -0.4 is 64.2 Å². The van der Waals surface area contributed by atoms with E-state index < -0.39 is 73.7 Å². The van der Waals surface area contributed by atoms with Gasteiger partial charge in [-0.25, -0.2) is 8.42 Å². The molecule has 0 radical (unpaired) electrons. The summed E-state index contributed by atoms with van der Waals surface area (Å²) in [7, 11) is -9.93. The van der Waals surface area contributed by atoms with Gasteiger partial charge in [-0.2, -0.15) is 8.42 Å². The molecule has 0 amide bonds. The Bertz CT molecular complexity index is 1080. The van der Waals surface area contributed by atoms with Crippen molar-refractivity contribution < 1.29 is 129 Å². The van der Waals surface area contributed by atoms with Crippen molar-refractivity contribution in [3.05, 3.63) is 0 Å². The minimum absolute atomic E-state index is 0. The van der Waals surface area contributed by atoms with Crippen LogP contribution in [0.5, 0.6) is 0 Å². The molecule has 0 spiro atoms. The molecule has 2 N–H and O–H groups in total. The third kappa shape index (κ3) is 25.6. The molecule has 46 heavy (non-hydrogen) atoms. The normalized spacial score (nSPS) is 14.3. The SMILES string of the molecule is CCC(O)OC(=O)C(CC(=O)[O-])S(=O)(=O)O.CCCCC(CC)COC(=O)CC(C(=O)OCC(CC)CCCC)S(=O)(=O)[O-].[Na+].[Na+]. The van der Waals surface area contributed by atoms with Gasteiger partial charge in [0.25, 0.3) is 10.1 Å². The molecule has 0 aromatic carbocycles. The topological polar surface area (TPSA) is 251 Å². The van der Waals surface area contributed by atoms with Crippen molar-refractivity contribution in [1.82, 2.24) is 0 Å². The number of aliphatic carboxylic acids is 1. The van der Waals surface area contributed by atoms with Gasteiger partial charge in [-0.1, -0.05) is 73.1 Å². The van der Waals surface area contributed by atoms with Crippen LogP contribution in [0, 0.1) is 11.8 Å². The molecule has 15 nitrogen and oxygen atoms in total. The average molecular weight is 723 g/mol. The van der Waals surface area contributed by atoms with E-state index in [1.807, 2.05) is 13.8 Å². The molecule has 0 aliphatic heterocycles. The molecule has 0 heterocycles. The van der Waals surface area contributed by atoms with Gasteiger partial charge in [-0.15, -0.1) is 0 Å². The number of unbranched alkanes of at least 4 members (excludes halogenated alkanes) is 2. The zero-order chi connectivity index (χ0) is 34.5. The molecule has 19 heteroatoms. The van der Waals surface area contributed by atoms with Gasteiger partial charge < -0.3 is 33.8 Å². The Morgan fingerprint density at radius 3 is 1.52 bits per heavy atom. The van der Waals surface area contributed by atoms with Gasteiger partial charge >= 0.3 is 77.0 Å². The zero-order valence-corrected chi connectivity index (χ0v) is 33.7. The van der Waals surface area contributed by atoms with Crippen molar-refractivity contribution in [1.29, 1.82) is 0 Å². The molecule has 0 aromatic rings. The summed E-state index contributed by atoms with van der Waals surface area (Å²) in [6.07, 6.45) is 3.78. The summed E-state index contributed by atoms with van der Waals surface area (Å²) in [5, 5.41) is 14.7. The second kappa shape index (κ2) is 28.5. The van der Waals surface area contributed by atoms with E-state index in [2.05, 4.69) is 18.6 Å². The van der Waals surface area contributed by atoms with Crippen LogP contribution in [-0.2, 0) is 53.6 Å². The first kappa shape index (κ1) is 52.5. The van der Waals surface area contributed by atoms with Crippen LogP contribution in [0.3, 0.4) is 0 Å². The van der Waals surface area contributed by atoms with Crippen LogP contribution in [0.25, 0.3) is 0 Å². The summed E-state index contributed by atoms with van der Waals surface area (Å²) in [5.41, 5.74) is 0. The average Bonchev–Trinajstić information content (AvgIpc) is 2.93. The minimum Gasteiger partial charge on any atom is -0.747 e. The molecule has 5 unspecified atom stereocenters. The van der Waals surface area contributed by atoms with E-state index in [0.717, 1.165) is 51.4 Å². The fourth-order valence-corrected chi connectivity index (χ4v) is 4.86. The predicted octanol–water partition coefficient (Wildman–Crippen LogP) is -4.53. The van der Waals surface area contributed by atoms with Crippen molar-refractivity contribution in [3.8, 4) is 0 Å². The largest absolute Gasteiger partial charge is 1.00 e. The van der Waals surface area contributed by atoms with Crippen molar-refractivity contribution in [3.63, 3.8) is 0 Å². The van der Waals surface area contributed by atoms with E-state index in [1.165, 1.54) is 6.92 Å². The summed E-state index contributed by atoms with van der Waals surface area (Å²) < 4.78 is 78.6. The van der Waals surface area contributed by atoms with Crippen molar-refractivity contribution in [2.24, 2.45) is 11.8 Å². The van der Waals surface area contributed by atoms with E-state index in [4.69, 9.17) is 19.1 Å². The number of hydrogen-bond donors (Lipinski definition) is 2. The van der Waals surface area contributed by atoms with Crippen LogP contribution in [0.4, 0.5) is 0 Å². The van der Waals surface area contributed by atoms with Gasteiger partial charge in [-0.05, 0) is 24.7 Å². The third-order valence-electron chi connectivity index (χ3n) is 6.57. The maximum atomic E-state index is 12.1. The molecule has 0 fully saturated rings. The van der Waals surface area contributed by atoms with Crippen LogP contribution in [0.1, 0.15) is 105 Å². The van der Waals surface area contributed by atoms with E-state index in [-0.39, 0.29) is 90.6 Å². The number of carbonyl (C=O) groups is 4. The van der Waals surface area contributed by atoms with Crippen LogP contribution in [0.15, 0.2) is 0 Å². The van der Waals surface area contributed by atoms with E-state index in [1.54, 1.807) is 0 Å². The molecule has 260 valence electrons. The minimum atomic E-state index is -5.01. The van der Waals surface area contributed by atoms with Crippen LogP contribution >= 0.6 is 0 Å². The monoisotopic (exact) mass is 722 g/mol. The molecule has 0 bridgehead atoms. The van der Waals surface area contributed by atoms with Gasteiger partial charge in [0.1, 0.15) is 10.1 Å². The number of carboxylic acids is 1. The van der Waals surface area contributed by atoms with Crippen LogP contribution in [0.2, 0.25) is 0 Å². The Balaban J connectivity index is -0.000000420. The van der Waals surface area contributed by atoms with Crippen LogP contribution in [-0.4, -0.2) is 84.9 Å². The summed E-state index contributed by atoms with van der Waals surface area (Å²) in [6, 6.07) is 0. The summed E-state index contributed by atoms with van der Waals surface area (Å²) in [4.78, 5) is 45.4. The first-order chi connectivity index (χ1) is 20.4. The van der Waals surface area contributed by atoms with Gasteiger partial charge in [0.05, 0.1) is 19.6 Å². The first-order valence-electron chi connectivity index (χ1n) is 14.7. The molecular formula is C27H48Na2O15S2. The molecule has 0 aliphatic rings. The number of rotatable bonds is 22. The van der Waals surface area contributed by atoms with Gasteiger partial charge in [0.15, 0.2) is 16.8 Å². The number of hydrogen-bond acceptors (Lipinski definition) is 14. The van der Waals surface area contributed by atoms with E-state index >= 15 is 0 Å². The van der Waals surface area contributed by atoms with Gasteiger partial charge in [0, 0.05) is 18.8 Å². The molecule has 5 atom stereocenters. The molecule has 0 aliphatic carbocycles. The van der Waals surface area contributed by atoms with Crippen molar-refractivity contribution in [2.45, 2.75) is 122 Å². The summed E-state index contributed by atoms with van der Waals surface area (Å²) >= 11 is 0. The summed E-state index contributed by atoms with van der Waals surface area (Å²) in [5.74, 6) is -5.13. The summed E-state index contributed by atoms with van der Waals surface area (Å²) in [6.45, 7) is 9.71. The maximum absolute atomic E-state index is 12.1. The Hall–Kier alpha value is -0.340. The first-order valence-corrected chi connectivity index (χ1v) is 17.7. The zero-order valence-electron chi connectivity index (χ0n) is 28.1. The Morgan fingerprint density at radius 1 is 0.717 bits per heavy atom. The molecular weight excluding hydrogens is 674 g/mol. The van der Waals surface area contributed by atoms with Crippen molar-refractivity contribution >= 4 is 44.1 Å². The second-order valence-electron chi connectivity index (χ2n) is 10.2. The van der Waals surface area contributed by atoms with Gasteiger partial charge in [0.2, 0.25) is 0 Å². The maximum Gasteiger partial charge on any atom is 1.00 e. The fraction of sp³-hybridized carbons (Fsp3) is 0.852. The Kier molecular flexibility index (Phi) is 32.5. The number of aliphatic hydroxyl groups is 1. The second-order valence-corrected chi connectivity index (χ2v) is 13.4. The third-order valence-corrected chi connectivity index (χ3v) is 8.70. The standard InChI is InChI=1S/C20H38O7S.C7H12O8S.2Na/c1-5-9-11-16(7-3)14-26-19(21)13-18(28(23,24)25)20(22)27-15-17(8-4)12-10-6-2;1-2-6(10)15-7(11)4(3-5(8)9)16(12,13)14;;/h16-18H,5-15H2,1-4H3,(H,23,24,25);4,6,10H,2-3H2,1H3,(H,8,9)(H,12,13,14);;/q;;2*+1/p-2. The molecule has 0 aromatic heterocycles. The predicted molar refractivity (Wildman–Crippen MR) is 154 cm³/mol. The number of ether oxygens (including phenoxy) is 3. The number of carbonyl (C=O) groups excluding carboxylic acids is 4. The van der Waals surface area contributed by atoms with Crippen molar-refractivity contribution in [2.75, 3.05) is 13.2 Å². The number of esters is 3. The Morgan fingerprint density at radius 2 is 1.17 bits per heavy atom. The van der Waals surface area contributed by atoms with E-state index in [9.17, 15) is 45.7 Å². The number of aliphatic hydroxyl groups excluding tert-OH is 1.